The summed E-state index contributed by atoms with van der Waals surface area (Å²) in [7, 11) is 0. The predicted octanol–water partition coefficient (Wildman–Crippen LogP) is 1.72. The van der Waals surface area contributed by atoms with Crippen molar-refractivity contribution in [3.8, 4) is 5.75 Å². The van der Waals surface area contributed by atoms with Crippen molar-refractivity contribution in [3.63, 3.8) is 0 Å². The van der Waals surface area contributed by atoms with Gasteiger partial charge >= 0.3 is 0 Å². The summed E-state index contributed by atoms with van der Waals surface area (Å²) in [5.41, 5.74) is 2.59. The maximum absolute atomic E-state index is 11.3. The van der Waals surface area contributed by atoms with E-state index in [1.165, 1.54) is 0 Å². The molecule has 0 saturated carbocycles. The van der Waals surface area contributed by atoms with Crippen molar-refractivity contribution in [3.05, 3.63) is 29.8 Å². The van der Waals surface area contributed by atoms with Gasteiger partial charge in [0.2, 0.25) is 0 Å². The van der Waals surface area contributed by atoms with Gasteiger partial charge < -0.3 is 4.74 Å². The van der Waals surface area contributed by atoms with Crippen LogP contribution in [-0.4, -0.2) is 12.5 Å². The highest BCUT2D eigenvalue weighted by Crippen LogP contribution is 2.14. The third-order valence-corrected chi connectivity index (χ3v) is 2.19. The van der Waals surface area contributed by atoms with Crippen LogP contribution in [0.4, 0.5) is 0 Å². The zero-order chi connectivity index (χ0) is 12.0. The van der Waals surface area contributed by atoms with E-state index < -0.39 is 0 Å². The van der Waals surface area contributed by atoms with Gasteiger partial charge in [-0.25, -0.2) is 5.84 Å². The highest BCUT2D eigenvalue weighted by Gasteiger charge is 2.04. The number of hydrazine groups is 1. The normalized spacial score (nSPS) is 10.2. The zero-order valence-electron chi connectivity index (χ0n) is 9.69. The second-order valence-corrected chi connectivity index (χ2v) is 4.03. The fourth-order valence-electron chi connectivity index (χ4n) is 1.22. The number of ether oxygens (including phenoxy) is 1. The van der Waals surface area contributed by atoms with Gasteiger partial charge in [-0.1, -0.05) is 19.9 Å². The molecule has 4 nitrogen and oxygen atoms in total. The lowest BCUT2D eigenvalue weighted by Crippen LogP contribution is -2.29. The van der Waals surface area contributed by atoms with Gasteiger partial charge in [-0.2, -0.15) is 0 Å². The monoisotopic (exact) mass is 222 g/mol. The molecule has 4 heteroatoms. The van der Waals surface area contributed by atoms with Crippen LogP contribution >= 0.6 is 0 Å². The Kier molecular flexibility index (Phi) is 4.79. The number of rotatable bonds is 5. The number of amides is 1. The highest BCUT2D eigenvalue weighted by atomic mass is 16.5. The first-order chi connectivity index (χ1) is 7.63. The molecule has 0 radical (unpaired) electrons. The molecule has 0 spiro atoms. The van der Waals surface area contributed by atoms with Crippen LogP contribution in [0.2, 0.25) is 0 Å². The van der Waals surface area contributed by atoms with Crippen molar-refractivity contribution in [2.45, 2.75) is 20.3 Å². The Labute approximate surface area is 95.8 Å². The molecule has 0 atom stereocenters. The molecule has 3 N–H and O–H groups in total. The lowest BCUT2D eigenvalue weighted by atomic mass is 10.1. The van der Waals surface area contributed by atoms with Crippen molar-refractivity contribution in [1.29, 1.82) is 0 Å². The number of nitrogens with one attached hydrogen (secondary N) is 1. The number of hydrogen-bond donors (Lipinski definition) is 2. The van der Waals surface area contributed by atoms with E-state index in [-0.39, 0.29) is 5.91 Å². The van der Waals surface area contributed by atoms with Crippen molar-refractivity contribution in [2.24, 2.45) is 11.8 Å². The Hall–Kier alpha value is -1.55. The average Bonchev–Trinajstić information content (AvgIpc) is 2.28. The topological polar surface area (TPSA) is 64.3 Å². The van der Waals surface area contributed by atoms with Crippen LogP contribution in [-0.2, 0) is 0 Å². The molecule has 1 amide bonds. The summed E-state index contributed by atoms with van der Waals surface area (Å²) < 4.78 is 5.53. The van der Waals surface area contributed by atoms with Crippen LogP contribution < -0.4 is 16.0 Å². The Bertz CT molecular complexity index is 351. The number of carbonyl (C=O) groups excluding carboxylic acids is 1. The molecule has 16 heavy (non-hydrogen) atoms. The SMILES string of the molecule is CC(C)CCOc1cccc(C(=O)NN)c1. The molecule has 0 saturated heterocycles. The van der Waals surface area contributed by atoms with Gasteiger partial charge in [0.25, 0.3) is 5.91 Å². The minimum Gasteiger partial charge on any atom is -0.494 e. The van der Waals surface area contributed by atoms with Crippen LogP contribution in [0.5, 0.6) is 5.75 Å². The summed E-state index contributed by atoms with van der Waals surface area (Å²) in [6.07, 6.45) is 0.993. The lowest BCUT2D eigenvalue weighted by molar-refractivity contribution is 0.0953. The van der Waals surface area contributed by atoms with Crippen LogP contribution in [0.15, 0.2) is 24.3 Å². The van der Waals surface area contributed by atoms with E-state index in [1.54, 1.807) is 18.2 Å². The minimum atomic E-state index is -0.311. The first kappa shape index (κ1) is 12.5. The second-order valence-electron chi connectivity index (χ2n) is 4.03. The third kappa shape index (κ3) is 3.90. The molecule has 1 aromatic carbocycles. The van der Waals surface area contributed by atoms with Crippen molar-refractivity contribution >= 4 is 5.91 Å². The molecule has 0 aliphatic carbocycles. The smallest absolute Gasteiger partial charge is 0.265 e. The summed E-state index contributed by atoms with van der Waals surface area (Å²) >= 11 is 0. The second kappa shape index (κ2) is 6.12. The van der Waals surface area contributed by atoms with E-state index >= 15 is 0 Å². The van der Waals surface area contributed by atoms with Crippen molar-refractivity contribution in [1.82, 2.24) is 5.43 Å². The molecule has 0 aliphatic heterocycles. The predicted molar refractivity (Wildman–Crippen MR) is 63.0 cm³/mol. The molecular formula is C12H18N2O2. The van der Waals surface area contributed by atoms with Crippen LogP contribution in [0.25, 0.3) is 0 Å². The molecule has 0 fully saturated rings. The number of carbonyl (C=O) groups is 1. The average molecular weight is 222 g/mol. The van der Waals surface area contributed by atoms with Gasteiger partial charge in [0.1, 0.15) is 5.75 Å². The maximum Gasteiger partial charge on any atom is 0.265 e. The Morgan fingerprint density at radius 3 is 2.88 bits per heavy atom. The van der Waals surface area contributed by atoms with E-state index in [2.05, 4.69) is 19.3 Å². The minimum absolute atomic E-state index is 0.311. The molecule has 0 heterocycles. The van der Waals surface area contributed by atoms with E-state index in [4.69, 9.17) is 10.6 Å². The summed E-state index contributed by atoms with van der Waals surface area (Å²) in [6, 6.07) is 6.98. The first-order valence-electron chi connectivity index (χ1n) is 5.37. The Morgan fingerprint density at radius 1 is 1.50 bits per heavy atom. The van der Waals surface area contributed by atoms with E-state index in [9.17, 15) is 4.79 Å². The molecule has 0 bridgehead atoms. The zero-order valence-corrected chi connectivity index (χ0v) is 9.69. The summed E-state index contributed by atoms with van der Waals surface area (Å²) in [5, 5.41) is 0. The summed E-state index contributed by atoms with van der Waals surface area (Å²) in [6.45, 7) is 4.94. The highest BCUT2D eigenvalue weighted by molar-refractivity contribution is 5.94. The number of benzene rings is 1. The van der Waals surface area contributed by atoms with E-state index in [0.29, 0.717) is 23.8 Å². The van der Waals surface area contributed by atoms with Gasteiger partial charge in [0.15, 0.2) is 0 Å². The van der Waals surface area contributed by atoms with E-state index in [1.807, 2.05) is 6.07 Å². The number of hydrogen-bond acceptors (Lipinski definition) is 3. The molecule has 1 rings (SSSR count). The summed E-state index contributed by atoms with van der Waals surface area (Å²) in [4.78, 5) is 11.3. The molecule has 1 aromatic rings. The third-order valence-electron chi connectivity index (χ3n) is 2.19. The standard InChI is InChI=1S/C12H18N2O2/c1-9(2)6-7-16-11-5-3-4-10(8-11)12(15)14-13/h3-5,8-9H,6-7,13H2,1-2H3,(H,14,15). The van der Waals surface area contributed by atoms with Crippen LogP contribution in [0, 0.1) is 5.92 Å². The quantitative estimate of drug-likeness (QED) is 0.453. The van der Waals surface area contributed by atoms with Crippen LogP contribution in [0.3, 0.4) is 0 Å². The lowest BCUT2D eigenvalue weighted by Gasteiger charge is -2.08. The van der Waals surface area contributed by atoms with Gasteiger partial charge in [-0.05, 0) is 30.5 Å². The van der Waals surface area contributed by atoms with E-state index in [0.717, 1.165) is 6.42 Å². The Balaban J connectivity index is 2.57. The van der Waals surface area contributed by atoms with Gasteiger partial charge in [0.05, 0.1) is 6.61 Å². The maximum atomic E-state index is 11.3. The molecule has 0 aromatic heterocycles. The molecule has 88 valence electrons. The van der Waals surface area contributed by atoms with Crippen molar-refractivity contribution < 1.29 is 9.53 Å². The van der Waals surface area contributed by atoms with Crippen LogP contribution in [0.1, 0.15) is 30.6 Å². The van der Waals surface area contributed by atoms with Gasteiger partial charge in [-0.15, -0.1) is 0 Å². The van der Waals surface area contributed by atoms with Crippen molar-refractivity contribution in [2.75, 3.05) is 6.61 Å². The first-order valence-corrected chi connectivity index (χ1v) is 5.37. The molecule has 0 aliphatic rings. The summed E-state index contributed by atoms with van der Waals surface area (Å²) in [5.74, 6) is 6.05. The molecular weight excluding hydrogens is 204 g/mol. The number of nitrogens with two attached hydrogens (primary N) is 1. The molecule has 0 unspecified atom stereocenters. The fraction of sp³-hybridized carbons (Fsp3) is 0.417. The largest absolute Gasteiger partial charge is 0.494 e. The van der Waals surface area contributed by atoms with Gasteiger partial charge in [0, 0.05) is 5.56 Å². The Morgan fingerprint density at radius 2 is 2.25 bits per heavy atom. The van der Waals surface area contributed by atoms with Gasteiger partial charge in [-0.3, -0.25) is 10.2 Å². The number of nitrogen functional groups attached to an aromatic ring is 1. The fourth-order valence-corrected chi connectivity index (χ4v) is 1.22.